The van der Waals surface area contributed by atoms with Gasteiger partial charge in [-0.3, -0.25) is 29.3 Å². The van der Waals surface area contributed by atoms with Gasteiger partial charge in [0.25, 0.3) is 11.8 Å². The third kappa shape index (κ3) is 7.89. The van der Waals surface area contributed by atoms with E-state index in [-0.39, 0.29) is 11.8 Å². The zero-order valence-corrected chi connectivity index (χ0v) is 30.6. The van der Waals surface area contributed by atoms with Crippen LogP contribution < -0.4 is 16.0 Å². The molecular weight excluding hydrogens is 665 g/mol. The molecular formula is C43H48N6O4. The van der Waals surface area contributed by atoms with Crippen molar-refractivity contribution in [3.8, 4) is 11.1 Å². The van der Waals surface area contributed by atoms with E-state index in [9.17, 15) is 19.5 Å². The summed E-state index contributed by atoms with van der Waals surface area (Å²) in [7, 11) is 0. The standard InChI is InChI=1S/C43H48N6O4/c1-25-32(7-5-9-36(25)47-41(50)38-19-34(27-12-13-27)29(22-45-38)21-44-31-16-17-31)33-8-6-10-37(26(33)2)48-42(51)39-20-35(28-14-15-28)30(23-46-39)24-49-18-4-3-11-40(49)43(52)53/h5-10,19-20,22-23,27-28,31,40,44H,3-4,11-18,21,24H2,1-2H3,(H,47,50)(H,48,51)(H,52,53)/t40-/m0/s1. The highest BCUT2D eigenvalue weighted by molar-refractivity contribution is 6.05. The van der Waals surface area contributed by atoms with Crippen LogP contribution in [0.3, 0.4) is 0 Å². The highest BCUT2D eigenvalue weighted by Crippen LogP contribution is 2.43. The molecule has 1 aliphatic heterocycles. The van der Waals surface area contributed by atoms with Gasteiger partial charge in [-0.05, 0) is 152 Å². The van der Waals surface area contributed by atoms with E-state index in [1.54, 1.807) is 6.20 Å². The van der Waals surface area contributed by atoms with Crippen LogP contribution in [-0.4, -0.2) is 56.4 Å². The van der Waals surface area contributed by atoms with Gasteiger partial charge in [0.05, 0.1) is 0 Å². The van der Waals surface area contributed by atoms with Crippen LogP contribution in [-0.2, 0) is 17.9 Å². The smallest absolute Gasteiger partial charge is 0.320 e. The first-order valence-electron chi connectivity index (χ1n) is 19.2. The first-order valence-corrected chi connectivity index (χ1v) is 19.2. The first-order chi connectivity index (χ1) is 25.7. The van der Waals surface area contributed by atoms with Gasteiger partial charge in [0.15, 0.2) is 0 Å². The van der Waals surface area contributed by atoms with Crippen LogP contribution in [0, 0.1) is 13.8 Å². The number of likely N-dealkylation sites (tertiary alicyclic amines) is 1. The molecule has 0 bridgehead atoms. The monoisotopic (exact) mass is 712 g/mol. The number of pyridine rings is 2. The molecule has 4 aromatic rings. The SMILES string of the molecule is Cc1c(NC(=O)c2cc(C3CC3)c(CNC3CC3)cn2)cccc1-c1cccc(NC(=O)c2cc(C3CC3)c(CN3CCCC[C@H]3C(=O)O)cn2)c1C. The van der Waals surface area contributed by atoms with Crippen molar-refractivity contribution in [3.63, 3.8) is 0 Å². The molecule has 53 heavy (non-hydrogen) atoms. The maximum Gasteiger partial charge on any atom is 0.320 e. The first kappa shape index (κ1) is 35.1. The van der Waals surface area contributed by atoms with Gasteiger partial charge >= 0.3 is 5.97 Å². The summed E-state index contributed by atoms with van der Waals surface area (Å²) < 4.78 is 0. The molecule has 2 aromatic carbocycles. The Morgan fingerprint density at radius 1 is 0.736 bits per heavy atom. The number of carboxylic acids is 1. The molecule has 4 N–H and O–H groups in total. The molecule has 1 atom stereocenters. The largest absolute Gasteiger partial charge is 0.480 e. The number of carbonyl (C=O) groups excluding carboxylic acids is 2. The molecule has 3 aliphatic carbocycles. The van der Waals surface area contributed by atoms with Crippen LogP contribution in [0.1, 0.15) is 124 Å². The number of hydrogen-bond acceptors (Lipinski definition) is 7. The van der Waals surface area contributed by atoms with E-state index in [1.165, 1.54) is 24.0 Å². The number of piperidine rings is 1. The Kier molecular flexibility index (Phi) is 9.83. The molecule has 0 radical (unpaired) electrons. The fourth-order valence-electron chi connectivity index (χ4n) is 7.79. The molecule has 1 saturated heterocycles. The number of rotatable bonds is 13. The number of anilines is 2. The molecule has 0 spiro atoms. The van der Waals surface area contributed by atoms with Gasteiger partial charge in [-0.1, -0.05) is 30.7 Å². The van der Waals surface area contributed by atoms with Gasteiger partial charge in [-0.25, -0.2) is 0 Å². The zero-order valence-electron chi connectivity index (χ0n) is 30.6. The van der Waals surface area contributed by atoms with E-state index in [4.69, 9.17) is 0 Å². The maximum absolute atomic E-state index is 13.7. The quantitative estimate of drug-likeness (QED) is 0.111. The van der Waals surface area contributed by atoms with E-state index in [1.807, 2.05) is 73.5 Å². The van der Waals surface area contributed by atoms with E-state index < -0.39 is 12.0 Å². The number of aliphatic carboxylic acids is 1. The molecule has 3 saturated carbocycles. The van der Waals surface area contributed by atoms with E-state index in [2.05, 4.69) is 25.9 Å². The lowest BCUT2D eigenvalue weighted by atomic mass is 9.94. The Bertz CT molecular complexity index is 2070. The molecule has 4 aliphatic rings. The third-order valence-corrected chi connectivity index (χ3v) is 11.4. The Morgan fingerprint density at radius 3 is 1.81 bits per heavy atom. The van der Waals surface area contributed by atoms with E-state index in [0.29, 0.717) is 53.6 Å². The van der Waals surface area contributed by atoms with Crippen molar-refractivity contribution < 1.29 is 19.5 Å². The van der Waals surface area contributed by atoms with Crippen molar-refractivity contribution in [2.24, 2.45) is 0 Å². The molecule has 2 aromatic heterocycles. The lowest BCUT2D eigenvalue weighted by Crippen LogP contribution is -2.44. The minimum atomic E-state index is -0.775. The lowest BCUT2D eigenvalue weighted by molar-refractivity contribution is -0.144. The number of hydrogen-bond donors (Lipinski definition) is 4. The summed E-state index contributed by atoms with van der Waals surface area (Å²) in [5.74, 6) is -0.408. The van der Waals surface area contributed by atoms with Crippen molar-refractivity contribution in [1.82, 2.24) is 20.2 Å². The summed E-state index contributed by atoms with van der Waals surface area (Å²) in [4.78, 5) is 50.3. The summed E-state index contributed by atoms with van der Waals surface area (Å²) in [6, 6.07) is 15.7. The second-order valence-electron chi connectivity index (χ2n) is 15.4. The number of carboxylic acid groups (broad SMARTS) is 1. The molecule has 10 heteroatoms. The van der Waals surface area contributed by atoms with Crippen molar-refractivity contribution in [3.05, 3.63) is 106 Å². The van der Waals surface area contributed by atoms with E-state index >= 15 is 0 Å². The Labute approximate surface area is 310 Å². The Hall–Kier alpha value is -4.93. The summed E-state index contributed by atoms with van der Waals surface area (Å²) in [6.07, 6.45) is 13.1. The number of benzene rings is 2. The predicted molar refractivity (Wildman–Crippen MR) is 205 cm³/mol. The van der Waals surface area contributed by atoms with Crippen molar-refractivity contribution in [2.75, 3.05) is 17.2 Å². The summed E-state index contributed by atoms with van der Waals surface area (Å²) in [6.45, 7) is 6.06. The van der Waals surface area contributed by atoms with Gasteiger partial charge in [0.1, 0.15) is 17.4 Å². The normalized spacial score (nSPS) is 18.8. The predicted octanol–water partition coefficient (Wildman–Crippen LogP) is 7.71. The summed E-state index contributed by atoms with van der Waals surface area (Å²) in [5.41, 5.74) is 10.4. The van der Waals surface area contributed by atoms with Gasteiger partial charge in [-0.15, -0.1) is 0 Å². The Morgan fingerprint density at radius 2 is 1.28 bits per heavy atom. The lowest BCUT2D eigenvalue weighted by Gasteiger charge is -2.33. The number of nitrogens with one attached hydrogen (secondary N) is 3. The van der Waals surface area contributed by atoms with E-state index in [0.717, 1.165) is 85.0 Å². The highest BCUT2D eigenvalue weighted by atomic mass is 16.4. The second kappa shape index (κ2) is 14.8. The van der Waals surface area contributed by atoms with Crippen molar-refractivity contribution in [1.29, 1.82) is 0 Å². The average molecular weight is 713 g/mol. The zero-order chi connectivity index (χ0) is 36.6. The Balaban J connectivity index is 0.981. The fourth-order valence-corrected chi connectivity index (χ4v) is 7.79. The molecule has 10 nitrogen and oxygen atoms in total. The summed E-state index contributed by atoms with van der Waals surface area (Å²) in [5, 5.41) is 19.6. The highest BCUT2D eigenvalue weighted by Gasteiger charge is 2.33. The molecule has 274 valence electrons. The van der Waals surface area contributed by atoms with Crippen molar-refractivity contribution >= 4 is 29.2 Å². The van der Waals surface area contributed by atoms with Gasteiger partial charge < -0.3 is 21.1 Å². The maximum atomic E-state index is 13.7. The molecule has 4 fully saturated rings. The number of amides is 2. The molecule has 3 heterocycles. The van der Waals surface area contributed by atoms with Gasteiger partial charge in [-0.2, -0.15) is 0 Å². The van der Waals surface area contributed by atoms with Crippen molar-refractivity contribution in [2.45, 2.75) is 109 Å². The van der Waals surface area contributed by atoms with Gasteiger partial charge in [0, 0.05) is 42.9 Å². The van der Waals surface area contributed by atoms with Crippen LogP contribution in [0.2, 0.25) is 0 Å². The minimum absolute atomic E-state index is 0.228. The number of aromatic nitrogens is 2. The van der Waals surface area contributed by atoms with Crippen LogP contribution >= 0.6 is 0 Å². The minimum Gasteiger partial charge on any atom is -0.480 e. The molecule has 0 unspecified atom stereocenters. The number of carbonyl (C=O) groups is 3. The van der Waals surface area contributed by atoms with Crippen LogP contribution in [0.15, 0.2) is 60.9 Å². The fraction of sp³-hybridized carbons (Fsp3) is 0.419. The van der Waals surface area contributed by atoms with Gasteiger partial charge in [0.2, 0.25) is 0 Å². The second-order valence-corrected chi connectivity index (χ2v) is 15.4. The van der Waals surface area contributed by atoms with Crippen LogP contribution in [0.4, 0.5) is 11.4 Å². The van der Waals surface area contributed by atoms with Crippen LogP contribution in [0.25, 0.3) is 11.1 Å². The molecule has 2 amide bonds. The molecule has 8 rings (SSSR count). The average Bonchev–Trinajstić information content (AvgIpc) is 4.00. The number of nitrogens with zero attached hydrogens (tertiary/aromatic N) is 3. The third-order valence-electron chi connectivity index (χ3n) is 11.4. The summed E-state index contributed by atoms with van der Waals surface area (Å²) >= 11 is 0. The topological polar surface area (TPSA) is 137 Å². The van der Waals surface area contributed by atoms with Crippen LogP contribution in [0.5, 0.6) is 0 Å².